The number of rotatable bonds is 7. The quantitative estimate of drug-likeness (QED) is 0.435. The molecule has 9 nitrogen and oxygen atoms in total. The second kappa shape index (κ2) is 10.6. The van der Waals surface area contributed by atoms with Gasteiger partial charge in [-0.2, -0.15) is 0 Å². The number of halogens is 1. The van der Waals surface area contributed by atoms with Gasteiger partial charge in [-0.15, -0.1) is 0 Å². The first-order valence-electron chi connectivity index (χ1n) is 10.1. The van der Waals surface area contributed by atoms with Crippen molar-refractivity contribution in [1.82, 2.24) is 10.3 Å². The number of oxazole rings is 1. The Bertz CT molecular complexity index is 1140. The molecule has 3 N–H and O–H groups in total. The second-order valence-electron chi connectivity index (χ2n) is 7.41. The van der Waals surface area contributed by atoms with Gasteiger partial charge in [-0.3, -0.25) is 4.79 Å². The molecule has 2 aromatic carbocycles. The summed E-state index contributed by atoms with van der Waals surface area (Å²) >= 11 is 5.91. The monoisotopic (exact) mass is 470 g/mol. The Morgan fingerprint density at radius 3 is 2.36 bits per heavy atom. The summed E-state index contributed by atoms with van der Waals surface area (Å²) in [5.74, 6) is -1.17. The van der Waals surface area contributed by atoms with Crippen LogP contribution in [0.1, 0.15) is 24.5 Å². The van der Waals surface area contributed by atoms with Crippen LogP contribution in [0.15, 0.2) is 59.1 Å². The van der Waals surface area contributed by atoms with E-state index in [1.54, 1.807) is 62.4 Å². The summed E-state index contributed by atoms with van der Waals surface area (Å²) in [5, 5.41) is 8.49. The van der Waals surface area contributed by atoms with E-state index in [1.165, 1.54) is 13.3 Å². The summed E-state index contributed by atoms with van der Waals surface area (Å²) in [4.78, 5) is 40.4. The number of hydrogen-bond donors (Lipinski definition) is 3. The van der Waals surface area contributed by atoms with Gasteiger partial charge in [0.05, 0.1) is 13.3 Å². The highest BCUT2D eigenvalue weighted by atomic mass is 35.5. The number of anilines is 2. The molecule has 1 unspecified atom stereocenters. The van der Waals surface area contributed by atoms with E-state index in [-0.39, 0.29) is 11.8 Å². The summed E-state index contributed by atoms with van der Waals surface area (Å²) in [5.41, 5.74) is 1.76. The Morgan fingerprint density at radius 2 is 1.73 bits per heavy atom. The van der Waals surface area contributed by atoms with E-state index in [0.717, 1.165) is 0 Å². The van der Waals surface area contributed by atoms with Crippen molar-refractivity contribution in [2.24, 2.45) is 5.92 Å². The molecule has 10 heteroatoms. The second-order valence-corrected chi connectivity index (χ2v) is 7.85. The maximum atomic E-state index is 12.4. The van der Waals surface area contributed by atoms with E-state index >= 15 is 0 Å². The first-order chi connectivity index (χ1) is 15.8. The summed E-state index contributed by atoms with van der Waals surface area (Å²) in [6, 6.07) is 12.3. The van der Waals surface area contributed by atoms with Gasteiger partial charge in [0.25, 0.3) is 5.89 Å². The van der Waals surface area contributed by atoms with E-state index in [1.807, 2.05) is 0 Å². The van der Waals surface area contributed by atoms with Gasteiger partial charge in [0.2, 0.25) is 0 Å². The van der Waals surface area contributed by atoms with Gasteiger partial charge in [0.1, 0.15) is 6.04 Å². The van der Waals surface area contributed by atoms with Gasteiger partial charge in [-0.05, 0) is 48.4 Å². The molecule has 3 aromatic rings. The summed E-state index contributed by atoms with van der Waals surface area (Å²) < 4.78 is 10.3. The smallest absolute Gasteiger partial charge is 0.328 e. The number of hydrogen-bond acceptors (Lipinski definition) is 6. The van der Waals surface area contributed by atoms with E-state index in [9.17, 15) is 14.4 Å². The predicted octanol–water partition coefficient (Wildman–Crippen LogP) is 4.57. The third-order valence-corrected chi connectivity index (χ3v) is 4.85. The molecule has 0 bridgehead atoms. The molecule has 0 aliphatic heterocycles. The van der Waals surface area contributed by atoms with Crippen molar-refractivity contribution >= 4 is 40.9 Å². The normalized spacial score (nSPS) is 11.5. The molecule has 1 aromatic heterocycles. The fourth-order valence-electron chi connectivity index (χ4n) is 2.92. The lowest BCUT2D eigenvalue weighted by Crippen LogP contribution is -2.45. The van der Waals surface area contributed by atoms with Crippen LogP contribution in [-0.2, 0) is 9.53 Å². The van der Waals surface area contributed by atoms with Crippen molar-refractivity contribution in [2.45, 2.75) is 19.9 Å². The van der Waals surface area contributed by atoms with E-state index < -0.39 is 23.9 Å². The minimum atomic E-state index is -0.818. The molecule has 0 aliphatic rings. The first-order valence-corrected chi connectivity index (χ1v) is 10.4. The third kappa shape index (κ3) is 6.33. The highest BCUT2D eigenvalue weighted by Crippen LogP contribution is 2.23. The van der Waals surface area contributed by atoms with Crippen molar-refractivity contribution in [1.29, 1.82) is 0 Å². The highest BCUT2D eigenvalue weighted by molar-refractivity contribution is 6.30. The highest BCUT2D eigenvalue weighted by Gasteiger charge is 2.27. The number of amides is 3. The molecule has 0 fully saturated rings. The lowest BCUT2D eigenvalue weighted by molar-refractivity contribution is -0.144. The minimum absolute atomic E-state index is 0.174. The molecule has 33 heavy (non-hydrogen) atoms. The Kier molecular flexibility index (Phi) is 7.68. The molecule has 1 heterocycles. The fraction of sp³-hybridized carbons (Fsp3) is 0.217. The number of carbonyl (C=O) groups is 3. The summed E-state index contributed by atoms with van der Waals surface area (Å²) in [7, 11) is 1.26. The fourth-order valence-corrected chi connectivity index (χ4v) is 3.11. The van der Waals surface area contributed by atoms with Gasteiger partial charge in [-0.25, -0.2) is 14.6 Å². The summed E-state index contributed by atoms with van der Waals surface area (Å²) in [6.07, 6.45) is 1.41. The van der Waals surface area contributed by atoms with Crippen molar-refractivity contribution in [3.63, 3.8) is 0 Å². The molecule has 0 saturated heterocycles. The molecule has 0 spiro atoms. The van der Waals surface area contributed by atoms with Crippen molar-refractivity contribution < 1.29 is 23.5 Å². The van der Waals surface area contributed by atoms with Crippen LogP contribution in [0.2, 0.25) is 5.02 Å². The molecule has 0 aliphatic carbocycles. The SMILES string of the molecule is COC(=O)C(NC(=O)c1ncc(-c2ccc(NC(=O)Nc3cccc(Cl)c3)cc2)o1)C(C)C. The number of benzene rings is 2. The number of urea groups is 1. The Hall–Kier alpha value is -3.85. The minimum Gasteiger partial charge on any atom is -0.467 e. The summed E-state index contributed by atoms with van der Waals surface area (Å²) in [6.45, 7) is 3.57. The molecule has 3 amide bonds. The van der Waals surface area contributed by atoms with Crippen LogP contribution in [0, 0.1) is 5.92 Å². The van der Waals surface area contributed by atoms with E-state index in [0.29, 0.717) is 27.7 Å². The van der Waals surface area contributed by atoms with E-state index in [4.69, 9.17) is 20.8 Å². The van der Waals surface area contributed by atoms with Crippen LogP contribution in [0.4, 0.5) is 16.2 Å². The maximum absolute atomic E-state index is 12.4. The van der Waals surface area contributed by atoms with Crippen LogP contribution < -0.4 is 16.0 Å². The Balaban J connectivity index is 1.62. The predicted molar refractivity (Wildman–Crippen MR) is 124 cm³/mol. The number of aromatic nitrogens is 1. The lowest BCUT2D eigenvalue weighted by Gasteiger charge is -2.18. The zero-order chi connectivity index (χ0) is 24.0. The average Bonchev–Trinajstić information content (AvgIpc) is 3.27. The molecule has 1 atom stereocenters. The van der Waals surface area contributed by atoms with E-state index in [2.05, 4.69) is 20.9 Å². The van der Waals surface area contributed by atoms with Crippen LogP contribution in [-0.4, -0.2) is 36.0 Å². The van der Waals surface area contributed by atoms with Crippen LogP contribution in [0.3, 0.4) is 0 Å². The van der Waals surface area contributed by atoms with Crippen molar-refractivity contribution in [3.8, 4) is 11.3 Å². The Labute approximate surface area is 195 Å². The molecule has 3 rings (SSSR count). The van der Waals surface area contributed by atoms with Crippen LogP contribution in [0.25, 0.3) is 11.3 Å². The van der Waals surface area contributed by atoms with Gasteiger partial charge in [-0.1, -0.05) is 31.5 Å². The van der Waals surface area contributed by atoms with Gasteiger partial charge < -0.3 is 25.1 Å². The lowest BCUT2D eigenvalue weighted by atomic mass is 10.0. The molecule has 0 saturated carbocycles. The average molecular weight is 471 g/mol. The third-order valence-electron chi connectivity index (χ3n) is 4.62. The zero-order valence-electron chi connectivity index (χ0n) is 18.2. The van der Waals surface area contributed by atoms with Gasteiger partial charge in [0, 0.05) is 22.0 Å². The maximum Gasteiger partial charge on any atom is 0.328 e. The standard InChI is InChI=1S/C23H23ClN4O5/c1-13(2)19(22(30)32-3)28-20(29)21-25-12-18(33-21)14-7-9-16(10-8-14)26-23(31)27-17-6-4-5-15(24)11-17/h4-13,19H,1-3H3,(H,28,29)(H2,26,27,31). The number of ether oxygens (including phenoxy) is 1. The topological polar surface area (TPSA) is 123 Å². The van der Waals surface area contributed by atoms with Crippen LogP contribution in [0.5, 0.6) is 0 Å². The first kappa shape index (κ1) is 23.8. The molecule has 172 valence electrons. The van der Waals surface area contributed by atoms with Gasteiger partial charge in [0.15, 0.2) is 5.76 Å². The number of nitrogens with zero attached hydrogens (tertiary/aromatic N) is 1. The number of esters is 1. The van der Waals surface area contributed by atoms with Crippen molar-refractivity contribution in [3.05, 3.63) is 65.6 Å². The number of nitrogens with one attached hydrogen (secondary N) is 3. The largest absolute Gasteiger partial charge is 0.467 e. The number of methoxy groups -OCH3 is 1. The Morgan fingerprint density at radius 1 is 1.03 bits per heavy atom. The zero-order valence-corrected chi connectivity index (χ0v) is 19.0. The van der Waals surface area contributed by atoms with Crippen molar-refractivity contribution in [2.75, 3.05) is 17.7 Å². The molecular weight excluding hydrogens is 448 g/mol. The number of carbonyl (C=O) groups excluding carboxylic acids is 3. The van der Waals surface area contributed by atoms with Gasteiger partial charge >= 0.3 is 17.9 Å². The molecular formula is C23H23ClN4O5. The van der Waals surface area contributed by atoms with Crippen LogP contribution >= 0.6 is 11.6 Å². The molecule has 0 radical (unpaired) electrons.